The Hall–Kier alpha value is -7.50. The van der Waals surface area contributed by atoms with Gasteiger partial charge in [-0.2, -0.15) is 0 Å². The van der Waals surface area contributed by atoms with Crippen molar-refractivity contribution in [2.45, 2.75) is 50.4 Å². The van der Waals surface area contributed by atoms with E-state index in [-0.39, 0.29) is 6.42 Å². The molecule has 2 heterocycles. The molecule has 2 aromatic heterocycles. The molecule has 1 amide bonds. The number of esters is 1. The zero-order chi connectivity index (χ0) is 42.0. The molecule has 2 atom stereocenters. The van der Waals surface area contributed by atoms with Gasteiger partial charge in [-0.3, -0.25) is 9.78 Å². The Labute approximate surface area is 352 Å². The average Bonchev–Trinajstić information content (AvgIpc) is 3.81. The van der Waals surface area contributed by atoms with E-state index in [1.54, 1.807) is 33.2 Å². The first kappa shape index (κ1) is 40.7. The molecule has 8 heteroatoms. The molecule has 7 rings (SSSR count). The number of carbonyl (C=O) groups is 2. The molecule has 2 N–H and O–H groups in total. The molecule has 0 saturated heterocycles. The van der Waals surface area contributed by atoms with Crippen LogP contribution in [0.1, 0.15) is 66.0 Å². The number of amides is 1. The first-order valence-corrected chi connectivity index (χ1v) is 19.9. The lowest BCUT2D eigenvalue weighted by Crippen LogP contribution is -2.56. The van der Waals surface area contributed by atoms with E-state index in [0.717, 1.165) is 27.8 Å². The number of ether oxygens (including phenoxy) is 1. The van der Waals surface area contributed by atoms with Gasteiger partial charge in [0.2, 0.25) is 5.91 Å². The van der Waals surface area contributed by atoms with Crippen LogP contribution in [-0.4, -0.2) is 43.4 Å². The number of nitrogens with zero attached hydrogens (tertiary/aromatic N) is 3. The third-order valence-electron chi connectivity index (χ3n) is 10.1. The smallest absolute Gasteiger partial charge is 0.329 e. The number of allylic oxidation sites excluding steroid dienone is 1. The first-order chi connectivity index (χ1) is 29.2. The largest absolute Gasteiger partial charge is 0.458 e. The number of nitrogens with one attached hydrogen (secondary N) is 2. The predicted octanol–water partition coefficient (Wildman–Crippen LogP) is 9.30. The number of carbonyl (C=O) groups excluding carboxylic acids is 2. The van der Waals surface area contributed by atoms with Gasteiger partial charge in [0.25, 0.3) is 0 Å². The number of aromatic amines is 1. The Morgan fingerprint density at radius 2 is 1.25 bits per heavy atom. The van der Waals surface area contributed by atoms with Gasteiger partial charge in [-0.05, 0) is 60.7 Å². The Kier molecular flexibility index (Phi) is 12.5. The third kappa shape index (κ3) is 8.81. The monoisotopic (exact) mass is 789 g/mol. The second-order valence-corrected chi connectivity index (χ2v) is 15.3. The number of rotatable bonds is 14. The van der Waals surface area contributed by atoms with Gasteiger partial charge in [-0.1, -0.05) is 164 Å². The summed E-state index contributed by atoms with van der Waals surface area (Å²) in [6.45, 7) is 5.42. The highest BCUT2D eigenvalue weighted by Crippen LogP contribution is 2.49. The quantitative estimate of drug-likeness (QED) is 0.0842. The van der Waals surface area contributed by atoms with Crippen LogP contribution in [0.3, 0.4) is 0 Å². The van der Waals surface area contributed by atoms with Crippen molar-refractivity contribution in [2.75, 3.05) is 0 Å². The average molecular weight is 790 g/mol. The van der Waals surface area contributed by atoms with Gasteiger partial charge in [0.05, 0.1) is 29.6 Å². The van der Waals surface area contributed by atoms with Crippen molar-refractivity contribution in [3.05, 3.63) is 233 Å². The Balaban J connectivity index is 1.60. The molecule has 7 aromatic rings. The lowest BCUT2D eigenvalue weighted by atomic mass is 9.75. The van der Waals surface area contributed by atoms with Crippen LogP contribution in [0.2, 0.25) is 0 Å². The topological polar surface area (TPSA) is 100 Å². The van der Waals surface area contributed by atoms with Crippen LogP contribution in [0.15, 0.2) is 194 Å². The van der Waals surface area contributed by atoms with Crippen molar-refractivity contribution >= 4 is 17.4 Å². The summed E-state index contributed by atoms with van der Waals surface area (Å²) in [5.41, 5.74) is 3.98. The number of benzene rings is 5. The molecule has 0 spiro atoms. The zero-order valence-corrected chi connectivity index (χ0v) is 33.9. The molecular formula is C52H47N5O3. The minimum Gasteiger partial charge on any atom is -0.458 e. The van der Waals surface area contributed by atoms with E-state index in [2.05, 4.69) is 21.2 Å². The summed E-state index contributed by atoms with van der Waals surface area (Å²) in [4.78, 5) is 44.9. The molecule has 5 aromatic carbocycles. The number of H-pyrrole nitrogens is 1. The number of hydrogen-bond donors (Lipinski definition) is 2. The maximum absolute atomic E-state index is 15.9. The standard InChI is InChI=1S/C52H47N5O3/c1-5-45(47(39-25-13-7-14-26-39)40-27-15-8-16-28-40)57(52(41-29-17-9-18-30-41,42-31-19-10-20-32-42)46-33-21-22-34-54-46)48(44-36-53-37-55-44)49(58)56-43(50(59)60-51(2,3)4)35-38-23-11-6-12-24-38/h1,6-34,36-37,43,48H,35H2,2-4H3,(H,53,55)(H,56,58)/t43-,48?/m1/s1. The Bertz CT molecular complexity index is 2400. The highest BCUT2D eigenvalue weighted by molar-refractivity contribution is 5.91. The van der Waals surface area contributed by atoms with E-state index in [9.17, 15) is 4.79 Å². The summed E-state index contributed by atoms with van der Waals surface area (Å²) in [5.74, 6) is 2.04. The van der Waals surface area contributed by atoms with Crippen LogP contribution in [-0.2, 0) is 26.3 Å². The van der Waals surface area contributed by atoms with Crippen molar-refractivity contribution in [1.29, 1.82) is 0 Å². The molecule has 298 valence electrons. The molecule has 0 saturated carbocycles. The molecule has 0 aliphatic rings. The van der Waals surface area contributed by atoms with Crippen LogP contribution in [0.25, 0.3) is 5.57 Å². The lowest BCUT2D eigenvalue weighted by molar-refractivity contribution is -0.159. The summed E-state index contributed by atoms with van der Waals surface area (Å²) >= 11 is 0. The normalized spacial score (nSPS) is 12.3. The minimum absolute atomic E-state index is 0.178. The molecule has 8 nitrogen and oxygen atoms in total. The van der Waals surface area contributed by atoms with Crippen LogP contribution in [0.4, 0.5) is 0 Å². The van der Waals surface area contributed by atoms with Crippen molar-refractivity contribution < 1.29 is 14.3 Å². The van der Waals surface area contributed by atoms with Gasteiger partial charge in [-0.15, -0.1) is 6.42 Å². The van der Waals surface area contributed by atoms with Gasteiger partial charge >= 0.3 is 5.97 Å². The number of terminal acetylenes is 1. The van der Waals surface area contributed by atoms with Gasteiger partial charge in [0.1, 0.15) is 17.2 Å². The van der Waals surface area contributed by atoms with Crippen molar-refractivity contribution in [3.8, 4) is 12.3 Å². The fraction of sp³-hybridized carbons (Fsp3) is 0.154. The van der Waals surface area contributed by atoms with E-state index in [1.807, 2.05) is 175 Å². The second-order valence-electron chi connectivity index (χ2n) is 15.3. The molecular weight excluding hydrogens is 743 g/mol. The third-order valence-corrected chi connectivity index (χ3v) is 10.1. The number of imidazole rings is 1. The fourth-order valence-corrected chi connectivity index (χ4v) is 7.68. The van der Waals surface area contributed by atoms with Crippen LogP contribution in [0.5, 0.6) is 0 Å². The van der Waals surface area contributed by atoms with E-state index < -0.39 is 35.1 Å². The van der Waals surface area contributed by atoms with E-state index in [0.29, 0.717) is 22.7 Å². The van der Waals surface area contributed by atoms with Gasteiger partial charge in [0.15, 0.2) is 6.04 Å². The van der Waals surface area contributed by atoms with Crippen molar-refractivity contribution in [3.63, 3.8) is 0 Å². The number of hydrogen-bond acceptors (Lipinski definition) is 6. The predicted molar refractivity (Wildman–Crippen MR) is 236 cm³/mol. The SMILES string of the molecule is C#CC(=C(c1ccccc1)c1ccccc1)N(C(C(=O)N[C@H](Cc1ccccc1)C(=O)OC(C)(C)C)c1cnc[nH]1)C(c1ccccc1)(c1ccccc1)c1ccccn1. The molecule has 60 heavy (non-hydrogen) atoms. The van der Waals surface area contributed by atoms with Gasteiger partial charge < -0.3 is 19.9 Å². The summed E-state index contributed by atoms with van der Waals surface area (Å²) in [7, 11) is 0. The van der Waals surface area contributed by atoms with E-state index in [4.69, 9.17) is 16.1 Å². The maximum Gasteiger partial charge on any atom is 0.329 e. The van der Waals surface area contributed by atoms with Gasteiger partial charge in [-0.25, -0.2) is 9.78 Å². The van der Waals surface area contributed by atoms with E-state index in [1.165, 1.54) is 6.33 Å². The fourth-order valence-electron chi connectivity index (χ4n) is 7.68. The second kappa shape index (κ2) is 18.4. The minimum atomic E-state index is -1.39. The Morgan fingerprint density at radius 1 is 0.733 bits per heavy atom. The highest BCUT2D eigenvalue weighted by atomic mass is 16.6. The van der Waals surface area contributed by atoms with Crippen LogP contribution >= 0.6 is 0 Å². The van der Waals surface area contributed by atoms with Crippen LogP contribution in [0, 0.1) is 12.3 Å². The summed E-state index contributed by atoms with van der Waals surface area (Å²) in [6, 6.07) is 52.6. The van der Waals surface area contributed by atoms with E-state index >= 15 is 4.79 Å². The molecule has 0 fully saturated rings. The highest BCUT2D eigenvalue weighted by Gasteiger charge is 2.51. The van der Waals surface area contributed by atoms with Crippen molar-refractivity contribution in [2.24, 2.45) is 0 Å². The Morgan fingerprint density at radius 3 is 1.72 bits per heavy atom. The number of pyridine rings is 1. The summed E-state index contributed by atoms with van der Waals surface area (Å²) < 4.78 is 5.96. The molecule has 0 aliphatic heterocycles. The molecule has 0 bridgehead atoms. The zero-order valence-electron chi connectivity index (χ0n) is 33.9. The molecule has 0 aliphatic carbocycles. The maximum atomic E-state index is 15.9. The van der Waals surface area contributed by atoms with Crippen LogP contribution < -0.4 is 5.32 Å². The molecule has 0 radical (unpaired) electrons. The first-order valence-electron chi connectivity index (χ1n) is 19.9. The number of aromatic nitrogens is 3. The van der Waals surface area contributed by atoms with Crippen molar-refractivity contribution in [1.82, 2.24) is 25.2 Å². The lowest BCUT2D eigenvalue weighted by Gasteiger charge is -2.49. The molecule has 1 unspecified atom stereocenters. The summed E-state index contributed by atoms with van der Waals surface area (Å²) in [5, 5.41) is 3.17. The van der Waals surface area contributed by atoms with Gasteiger partial charge in [0, 0.05) is 18.2 Å². The summed E-state index contributed by atoms with van der Waals surface area (Å²) in [6.07, 6.45) is 12.0.